The minimum atomic E-state index is -0.770. The molecule has 0 saturated carbocycles. The van der Waals surface area contributed by atoms with E-state index in [0.29, 0.717) is 0 Å². The van der Waals surface area contributed by atoms with Crippen LogP contribution in [0.15, 0.2) is 0 Å². The molecule has 0 aromatic rings. The van der Waals surface area contributed by atoms with Gasteiger partial charge in [0.1, 0.15) is 6.54 Å². The van der Waals surface area contributed by atoms with E-state index in [0.717, 1.165) is 6.42 Å². The molecule has 0 aliphatic rings. The molecule has 2 amide bonds. The summed E-state index contributed by atoms with van der Waals surface area (Å²) in [4.78, 5) is 22.2. The first kappa shape index (κ1) is 12.4. The zero-order valence-corrected chi connectivity index (χ0v) is 8.68. The van der Waals surface area contributed by atoms with Crippen molar-refractivity contribution < 1.29 is 9.59 Å². The summed E-state index contributed by atoms with van der Waals surface area (Å²) in [5.41, 5.74) is -0.402. The van der Waals surface area contributed by atoms with Crippen molar-refractivity contribution in [2.75, 3.05) is 6.54 Å². The molecule has 5 nitrogen and oxygen atoms in total. The van der Waals surface area contributed by atoms with Gasteiger partial charge in [0.2, 0.25) is 0 Å². The summed E-state index contributed by atoms with van der Waals surface area (Å²) < 4.78 is 0. The molecule has 0 aromatic carbocycles. The van der Waals surface area contributed by atoms with Crippen molar-refractivity contribution in [3.8, 4) is 6.07 Å². The van der Waals surface area contributed by atoms with Gasteiger partial charge in [-0.1, -0.05) is 6.92 Å². The van der Waals surface area contributed by atoms with Gasteiger partial charge in [0.05, 0.1) is 6.07 Å². The van der Waals surface area contributed by atoms with Crippen molar-refractivity contribution in [3.63, 3.8) is 0 Å². The molecule has 0 aromatic heterocycles. The Labute approximate surface area is 83.5 Å². The van der Waals surface area contributed by atoms with Gasteiger partial charge in [-0.2, -0.15) is 5.26 Å². The van der Waals surface area contributed by atoms with Crippen molar-refractivity contribution in [2.45, 2.75) is 32.7 Å². The van der Waals surface area contributed by atoms with Gasteiger partial charge < -0.3 is 10.6 Å². The molecule has 0 rings (SSSR count). The molecule has 0 saturated heterocycles. The maximum absolute atomic E-state index is 11.2. The Bertz CT molecular complexity index is 266. The lowest BCUT2D eigenvalue weighted by atomic mass is 10.0. The molecule has 2 N–H and O–H groups in total. The Hall–Kier alpha value is -1.57. The topological polar surface area (TPSA) is 82.0 Å². The van der Waals surface area contributed by atoms with Gasteiger partial charge in [-0.3, -0.25) is 9.59 Å². The third-order valence-corrected chi connectivity index (χ3v) is 1.87. The van der Waals surface area contributed by atoms with Gasteiger partial charge in [-0.05, 0) is 20.3 Å². The second-order valence-corrected chi connectivity index (χ2v) is 3.53. The van der Waals surface area contributed by atoms with Crippen LogP contribution in [0.5, 0.6) is 0 Å². The van der Waals surface area contributed by atoms with Crippen LogP contribution >= 0.6 is 0 Å². The Morgan fingerprint density at radius 1 is 1.36 bits per heavy atom. The normalized spacial score (nSPS) is 10.1. The fourth-order valence-corrected chi connectivity index (χ4v) is 0.653. The van der Waals surface area contributed by atoms with E-state index < -0.39 is 17.4 Å². The molecule has 14 heavy (non-hydrogen) atoms. The molecule has 0 heterocycles. The van der Waals surface area contributed by atoms with Crippen LogP contribution in [0.3, 0.4) is 0 Å². The summed E-state index contributed by atoms with van der Waals surface area (Å²) in [5, 5.41) is 12.9. The molecule has 0 radical (unpaired) electrons. The van der Waals surface area contributed by atoms with E-state index in [1.807, 2.05) is 20.8 Å². The predicted molar refractivity (Wildman–Crippen MR) is 51.1 cm³/mol. The van der Waals surface area contributed by atoms with E-state index in [4.69, 9.17) is 5.26 Å². The first-order chi connectivity index (χ1) is 6.43. The number of nitrogens with zero attached hydrogens (tertiary/aromatic N) is 1. The largest absolute Gasteiger partial charge is 0.343 e. The van der Waals surface area contributed by atoms with Crippen molar-refractivity contribution >= 4 is 11.8 Å². The SMILES string of the molecule is CCC(C)(C)NC(=O)C(=O)NCC#N. The lowest BCUT2D eigenvalue weighted by Gasteiger charge is -2.23. The quantitative estimate of drug-likeness (QED) is 0.491. The Morgan fingerprint density at radius 2 is 1.93 bits per heavy atom. The number of nitriles is 1. The highest BCUT2D eigenvalue weighted by atomic mass is 16.2. The van der Waals surface area contributed by atoms with Gasteiger partial charge in [0, 0.05) is 5.54 Å². The monoisotopic (exact) mass is 197 g/mol. The standard InChI is InChI=1S/C9H15N3O2/c1-4-9(2,3)12-8(14)7(13)11-6-5-10/h4,6H2,1-3H3,(H,11,13)(H,12,14). The van der Waals surface area contributed by atoms with Crippen LogP contribution in [0, 0.1) is 11.3 Å². The van der Waals surface area contributed by atoms with Gasteiger partial charge in [-0.15, -0.1) is 0 Å². The summed E-state index contributed by atoms with van der Waals surface area (Å²) in [6.45, 7) is 5.40. The molecule has 0 spiro atoms. The van der Waals surface area contributed by atoms with E-state index in [9.17, 15) is 9.59 Å². The molecule has 5 heteroatoms. The van der Waals surface area contributed by atoms with Crippen LogP contribution in [0.4, 0.5) is 0 Å². The highest BCUT2D eigenvalue weighted by molar-refractivity contribution is 6.35. The van der Waals surface area contributed by atoms with E-state index in [2.05, 4.69) is 10.6 Å². The van der Waals surface area contributed by atoms with E-state index in [1.165, 1.54) is 0 Å². The second-order valence-electron chi connectivity index (χ2n) is 3.53. The molecule has 0 aliphatic heterocycles. The van der Waals surface area contributed by atoms with E-state index in [-0.39, 0.29) is 6.54 Å². The highest BCUT2D eigenvalue weighted by Crippen LogP contribution is 2.05. The summed E-state index contributed by atoms with van der Waals surface area (Å²) in [6.07, 6.45) is 0.726. The third-order valence-electron chi connectivity index (χ3n) is 1.87. The minimum absolute atomic E-state index is 0.154. The second kappa shape index (κ2) is 5.22. The number of carbonyl (C=O) groups excluding carboxylic acids is 2. The molecular formula is C9H15N3O2. The molecule has 0 atom stereocenters. The van der Waals surface area contributed by atoms with Crippen LogP contribution in [0.1, 0.15) is 27.2 Å². The lowest BCUT2D eigenvalue weighted by molar-refractivity contribution is -0.140. The van der Waals surface area contributed by atoms with Crippen LogP contribution in [0.25, 0.3) is 0 Å². The summed E-state index contributed by atoms with van der Waals surface area (Å²) in [7, 11) is 0. The maximum atomic E-state index is 11.2. The van der Waals surface area contributed by atoms with Gasteiger partial charge in [0.15, 0.2) is 0 Å². The fraction of sp³-hybridized carbons (Fsp3) is 0.667. The summed E-state index contributed by atoms with van der Waals surface area (Å²) >= 11 is 0. The average Bonchev–Trinajstić information content (AvgIpc) is 2.13. The predicted octanol–water partition coefficient (Wildman–Crippen LogP) is -0.0690. The maximum Gasteiger partial charge on any atom is 0.310 e. The molecule has 0 bridgehead atoms. The number of rotatable bonds is 3. The zero-order valence-electron chi connectivity index (χ0n) is 8.68. The Morgan fingerprint density at radius 3 is 2.36 bits per heavy atom. The molecule has 0 unspecified atom stereocenters. The van der Waals surface area contributed by atoms with Gasteiger partial charge >= 0.3 is 11.8 Å². The Kier molecular flexibility index (Phi) is 4.64. The number of nitrogens with one attached hydrogen (secondary N) is 2. The van der Waals surface area contributed by atoms with Crippen molar-refractivity contribution in [1.29, 1.82) is 5.26 Å². The first-order valence-corrected chi connectivity index (χ1v) is 4.40. The zero-order chi connectivity index (χ0) is 11.2. The van der Waals surface area contributed by atoms with Crippen molar-refractivity contribution in [1.82, 2.24) is 10.6 Å². The van der Waals surface area contributed by atoms with E-state index >= 15 is 0 Å². The molecule has 78 valence electrons. The Balaban J connectivity index is 4.10. The number of hydrogen-bond donors (Lipinski definition) is 2. The molecule has 0 fully saturated rings. The highest BCUT2D eigenvalue weighted by Gasteiger charge is 2.22. The van der Waals surface area contributed by atoms with Gasteiger partial charge in [-0.25, -0.2) is 0 Å². The number of carbonyl (C=O) groups is 2. The lowest BCUT2D eigenvalue weighted by Crippen LogP contribution is -2.49. The van der Waals surface area contributed by atoms with Crippen LogP contribution in [-0.4, -0.2) is 23.9 Å². The number of amides is 2. The fourth-order valence-electron chi connectivity index (χ4n) is 0.653. The molecular weight excluding hydrogens is 182 g/mol. The summed E-state index contributed by atoms with van der Waals surface area (Å²) in [5.74, 6) is -1.47. The third kappa shape index (κ3) is 4.45. The molecule has 0 aliphatic carbocycles. The van der Waals surface area contributed by atoms with Crippen LogP contribution < -0.4 is 10.6 Å². The van der Waals surface area contributed by atoms with Crippen molar-refractivity contribution in [3.05, 3.63) is 0 Å². The van der Waals surface area contributed by atoms with Crippen LogP contribution in [-0.2, 0) is 9.59 Å². The van der Waals surface area contributed by atoms with Crippen molar-refractivity contribution in [2.24, 2.45) is 0 Å². The van der Waals surface area contributed by atoms with E-state index in [1.54, 1.807) is 6.07 Å². The van der Waals surface area contributed by atoms with Crippen LogP contribution in [0.2, 0.25) is 0 Å². The average molecular weight is 197 g/mol. The minimum Gasteiger partial charge on any atom is -0.343 e. The van der Waals surface area contributed by atoms with Gasteiger partial charge in [0.25, 0.3) is 0 Å². The smallest absolute Gasteiger partial charge is 0.310 e. The first-order valence-electron chi connectivity index (χ1n) is 4.40. The summed E-state index contributed by atoms with van der Waals surface area (Å²) in [6, 6.07) is 1.72. The number of hydrogen-bond acceptors (Lipinski definition) is 3.